The Morgan fingerprint density at radius 2 is 1.78 bits per heavy atom. The van der Waals surface area contributed by atoms with Crippen molar-refractivity contribution < 1.29 is 27.9 Å². The third kappa shape index (κ3) is 4.02. The van der Waals surface area contributed by atoms with Gasteiger partial charge in [-0.25, -0.2) is 8.78 Å². The Balaban J connectivity index is 1.78. The zero-order valence-corrected chi connectivity index (χ0v) is 14.2. The molecule has 0 spiro atoms. The van der Waals surface area contributed by atoms with E-state index in [2.05, 4.69) is 10.6 Å². The Labute approximate surface area is 152 Å². The normalized spacial score (nSPS) is 12.9. The van der Waals surface area contributed by atoms with E-state index in [4.69, 9.17) is 4.74 Å². The summed E-state index contributed by atoms with van der Waals surface area (Å²) >= 11 is 0. The second-order valence-electron chi connectivity index (χ2n) is 5.78. The molecule has 1 heterocycles. The van der Waals surface area contributed by atoms with Crippen molar-refractivity contribution in [2.75, 3.05) is 28.7 Å². The van der Waals surface area contributed by atoms with Gasteiger partial charge >= 0.3 is 0 Å². The summed E-state index contributed by atoms with van der Waals surface area (Å²) in [6.45, 7) is 0.565. The van der Waals surface area contributed by atoms with E-state index in [1.54, 1.807) is 24.3 Å². The molecule has 0 saturated carbocycles. The molecular weight excluding hydrogens is 360 g/mol. The van der Waals surface area contributed by atoms with Gasteiger partial charge in [-0.15, -0.1) is 0 Å². The van der Waals surface area contributed by atoms with Crippen LogP contribution in [0, 0.1) is 11.6 Å². The molecule has 0 radical (unpaired) electrons. The molecule has 2 N–H and O–H groups in total. The van der Waals surface area contributed by atoms with Gasteiger partial charge in [0.1, 0.15) is 23.9 Å². The minimum atomic E-state index is -1.01. The summed E-state index contributed by atoms with van der Waals surface area (Å²) in [5.41, 5.74) is -0.173. The van der Waals surface area contributed by atoms with Crippen LogP contribution in [0.2, 0.25) is 0 Å². The number of fused-ring (bicyclic) bond motifs is 1. The number of carbonyl (C=O) groups excluding carboxylic acids is 3. The highest BCUT2D eigenvalue weighted by Gasteiger charge is 2.27. The van der Waals surface area contributed by atoms with E-state index in [1.807, 2.05) is 0 Å². The van der Waals surface area contributed by atoms with Crippen molar-refractivity contribution in [1.29, 1.82) is 0 Å². The van der Waals surface area contributed by atoms with Crippen LogP contribution in [0.1, 0.15) is 6.92 Å². The quantitative estimate of drug-likeness (QED) is 0.858. The fourth-order valence-corrected chi connectivity index (χ4v) is 2.59. The second kappa shape index (κ2) is 7.40. The fourth-order valence-electron chi connectivity index (χ4n) is 2.59. The molecule has 7 nitrogen and oxygen atoms in total. The number of hydrogen-bond acceptors (Lipinski definition) is 4. The molecule has 9 heteroatoms. The van der Waals surface area contributed by atoms with Crippen LogP contribution in [0.4, 0.5) is 25.8 Å². The van der Waals surface area contributed by atoms with Crippen LogP contribution in [-0.2, 0) is 14.4 Å². The van der Waals surface area contributed by atoms with Crippen molar-refractivity contribution in [2.24, 2.45) is 0 Å². The van der Waals surface area contributed by atoms with Gasteiger partial charge in [0.15, 0.2) is 6.61 Å². The molecule has 2 aromatic rings. The van der Waals surface area contributed by atoms with Crippen LogP contribution in [-0.4, -0.2) is 30.9 Å². The summed E-state index contributed by atoms with van der Waals surface area (Å²) in [5.74, 6) is -3.21. The molecule has 1 aliphatic rings. The van der Waals surface area contributed by atoms with Gasteiger partial charge in [0.2, 0.25) is 11.8 Å². The van der Waals surface area contributed by atoms with Gasteiger partial charge in [0.25, 0.3) is 5.91 Å². The number of halogens is 2. The topological polar surface area (TPSA) is 87.7 Å². The van der Waals surface area contributed by atoms with Gasteiger partial charge < -0.3 is 15.4 Å². The highest BCUT2D eigenvalue weighted by molar-refractivity contribution is 6.05. The molecule has 1 aliphatic heterocycles. The van der Waals surface area contributed by atoms with Crippen molar-refractivity contribution in [2.45, 2.75) is 6.92 Å². The highest BCUT2D eigenvalue weighted by atomic mass is 19.1. The summed E-state index contributed by atoms with van der Waals surface area (Å²) in [6.07, 6.45) is 0. The Hall–Kier alpha value is -3.49. The van der Waals surface area contributed by atoms with Crippen molar-refractivity contribution in [3.63, 3.8) is 0 Å². The third-order valence-corrected chi connectivity index (χ3v) is 3.75. The van der Waals surface area contributed by atoms with Gasteiger partial charge in [-0.05, 0) is 18.2 Å². The van der Waals surface area contributed by atoms with Gasteiger partial charge in [-0.1, -0.05) is 12.1 Å². The highest BCUT2D eigenvalue weighted by Crippen LogP contribution is 2.31. The van der Waals surface area contributed by atoms with E-state index < -0.39 is 29.4 Å². The first kappa shape index (κ1) is 18.3. The van der Waals surface area contributed by atoms with Crippen molar-refractivity contribution in [3.05, 3.63) is 48.0 Å². The predicted octanol–water partition coefficient (Wildman–Crippen LogP) is 2.29. The smallest absolute Gasteiger partial charge is 0.265 e. The van der Waals surface area contributed by atoms with E-state index in [1.165, 1.54) is 11.8 Å². The SMILES string of the molecule is CC(=O)Nc1cc(NC(=O)CN2C(=O)COc3ccccc32)c(F)cc1F. The largest absolute Gasteiger partial charge is 0.482 e. The molecule has 0 saturated heterocycles. The fraction of sp³-hybridized carbons (Fsp3) is 0.167. The van der Waals surface area contributed by atoms with Gasteiger partial charge in [0, 0.05) is 13.0 Å². The minimum absolute atomic E-state index is 0.220. The van der Waals surface area contributed by atoms with E-state index >= 15 is 0 Å². The first-order valence-electron chi connectivity index (χ1n) is 7.94. The lowest BCUT2D eigenvalue weighted by atomic mass is 10.2. The first-order chi connectivity index (χ1) is 12.8. The molecule has 0 bridgehead atoms. The Morgan fingerprint density at radius 1 is 1.11 bits per heavy atom. The molecule has 0 unspecified atom stereocenters. The molecule has 3 rings (SSSR count). The molecule has 140 valence electrons. The lowest BCUT2D eigenvalue weighted by Crippen LogP contribution is -2.43. The zero-order valence-electron chi connectivity index (χ0n) is 14.2. The van der Waals surface area contributed by atoms with E-state index in [-0.39, 0.29) is 24.5 Å². The Morgan fingerprint density at radius 3 is 2.48 bits per heavy atom. The number of hydrogen-bond donors (Lipinski definition) is 2. The number of rotatable bonds is 4. The summed E-state index contributed by atoms with van der Waals surface area (Å²) in [6, 6.07) is 8.21. The van der Waals surface area contributed by atoms with Crippen LogP contribution in [0.25, 0.3) is 0 Å². The maximum absolute atomic E-state index is 14.0. The number of amides is 3. The van der Waals surface area contributed by atoms with Crippen LogP contribution in [0.15, 0.2) is 36.4 Å². The van der Waals surface area contributed by atoms with Gasteiger partial charge in [-0.2, -0.15) is 0 Å². The lowest BCUT2D eigenvalue weighted by Gasteiger charge is -2.28. The molecule has 27 heavy (non-hydrogen) atoms. The second-order valence-corrected chi connectivity index (χ2v) is 5.78. The molecule has 0 fully saturated rings. The van der Waals surface area contributed by atoms with E-state index in [0.29, 0.717) is 17.5 Å². The van der Waals surface area contributed by atoms with Crippen molar-refractivity contribution in [3.8, 4) is 5.75 Å². The van der Waals surface area contributed by atoms with Crippen molar-refractivity contribution in [1.82, 2.24) is 0 Å². The number of carbonyl (C=O) groups is 3. The van der Waals surface area contributed by atoms with Crippen LogP contribution >= 0.6 is 0 Å². The number of para-hydroxylation sites is 2. The first-order valence-corrected chi connectivity index (χ1v) is 7.94. The molecule has 0 aliphatic carbocycles. The molecule has 3 amide bonds. The number of nitrogens with one attached hydrogen (secondary N) is 2. The van der Waals surface area contributed by atoms with Crippen LogP contribution in [0.3, 0.4) is 0 Å². The Bertz CT molecular complexity index is 933. The number of anilines is 3. The number of nitrogens with zero attached hydrogens (tertiary/aromatic N) is 1. The summed E-state index contributed by atoms with van der Waals surface area (Å²) in [5, 5.41) is 4.49. The van der Waals surface area contributed by atoms with E-state index in [0.717, 1.165) is 6.07 Å². The maximum Gasteiger partial charge on any atom is 0.265 e. The minimum Gasteiger partial charge on any atom is -0.482 e. The summed E-state index contributed by atoms with van der Waals surface area (Å²) < 4.78 is 32.9. The van der Waals surface area contributed by atoms with Gasteiger partial charge in [0.05, 0.1) is 17.1 Å². The Kier molecular flexibility index (Phi) is 5.02. The molecule has 2 aromatic carbocycles. The van der Waals surface area contributed by atoms with E-state index in [9.17, 15) is 23.2 Å². The van der Waals surface area contributed by atoms with Crippen LogP contribution < -0.4 is 20.3 Å². The molecule has 0 atom stereocenters. The monoisotopic (exact) mass is 375 g/mol. The number of benzene rings is 2. The number of ether oxygens (including phenoxy) is 1. The molecule has 0 aromatic heterocycles. The van der Waals surface area contributed by atoms with Crippen molar-refractivity contribution >= 4 is 34.8 Å². The van der Waals surface area contributed by atoms with Crippen LogP contribution in [0.5, 0.6) is 5.75 Å². The zero-order chi connectivity index (χ0) is 19.6. The molecular formula is C18H15F2N3O4. The summed E-state index contributed by atoms with van der Waals surface area (Å²) in [7, 11) is 0. The third-order valence-electron chi connectivity index (χ3n) is 3.75. The average molecular weight is 375 g/mol. The average Bonchev–Trinajstić information content (AvgIpc) is 2.61. The predicted molar refractivity (Wildman–Crippen MR) is 93.6 cm³/mol. The summed E-state index contributed by atoms with van der Waals surface area (Å²) in [4.78, 5) is 36.7. The standard InChI is InChI=1S/C18H15F2N3O4/c1-10(24)21-13-7-14(12(20)6-11(13)19)22-17(25)8-23-15-4-2-3-5-16(15)27-9-18(23)26/h2-7H,8-9H2,1H3,(H,21,24)(H,22,25). The maximum atomic E-state index is 14.0. The van der Waals surface area contributed by atoms with Gasteiger partial charge in [-0.3, -0.25) is 19.3 Å². The lowest BCUT2D eigenvalue weighted by molar-refractivity contribution is -0.123.